The van der Waals surface area contributed by atoms with E-state index in [0.29, 0.717) is 6.54 Å². The largest absolute Gasteiger partial charge is 0.342 e. The molecule has 1 aliphatic rings. The van der Waals surface area contributed by atoms with Crippen LogP contribution in [0.5, 0.6) is 0 Å². The molecule has 1 N–H and O–H groups in total. The Labute approximate surface area is 92.6 Å². The molecule has 0 aromatic rings. The number of amides is 1. The summed E-state index contributed by atoms with van der Waals surface area (Å²) in [6.45, 7) is 4.26. The van der Waals surface area contributed by atoms with Crippen molar-refractivity contribution in [3.05, 3.63) is 0 Å². The van der Waals surface area contributed by atoms with E-state index in [1.807, 2.05) is 19.0 Å². The molecule has 0 aromatic heterocycles. The summed E-state index contributed by atoms with van der Waals surface area (Å²) in [7, 11) is 4.07. The van der Waals surface area contributed by atoms with Gasteiger partial charge in [0, 0.05) is 26.2 Å². The third-order valence-electron chi connectivity index (χ3n) is 2.72. The van der Waals surface area contributed by atoms with E-state index in [1.54, 1.807) is 0 Å². The first-order chi connectivity index (χ1) is 7.20. The Morgan fingerprint density at radius 3 is 2.53 bits per heavy atom. The average molecular weight is 213 g/mol. The Hall–Kier alpha value is -0.610. The van der Waals surface area contributed by atoms with Gasteiger partial charge in [-0.3, -0.25) is 4.79 Å². The van der Waals surface area contributed by atoms with Crippen LogP contribution in [0, 0.1) is 0 Å². The molecule has 0 unspecified atom stereocenters. The molecule has 0 bridgehead atoms. The smallest absolute Gasteiger partial charge is 0.236 e. The SMILES string of the molecule is CN(C)CCNCC(=O)N1CCCCC1. The van der Waals surface area contributed by atoms with Crippen molar-refractivity contribution in [2.45, 2.75) is 19.3 Å². The first-order valence-electron chi connectivity index (χ1n) is 5.83. The van der Waals surface area contributed by atoms with E-state index in [9.17, 15) is 4.79 Å². The van der Waals surface area contributed by atoms with Crippen molar-refractivity contribution < 1.29 is 4.79 Å². The maximum atomic E-state index is 11.7. The lowest BCUT2D eigenvalue weighted by molar-refractivity contribution is -0.131. The molecule has 0 saturated carbocycles. The highest BCUT2D eigenvalue weighted by Crippen LogP contribution is 2.07. The Kier molecular flexibility index (Phi) is 5.65. The van der Waals surface area contributed by atoms with Gasteiger partial charge < -0.3 is 15.1 Å². The van der Waals surface area contributed by atoms with Crippen LogP contribution in [0.15, 0.2) is 0 Å². The van der Waals surface area contributed by atoms with Gasteiger partial charge in [0.2, 0.25) is 5.91 Å². The number of hydrogen-bond acceptors (Lipinski definition) is 3. The van der Waals surface area contributed by atoms with Gasteiger partial charge in [-0.05, 0) is 33.4 Å². The first-order valence-corrected chi connectivity index (χ1v) is 5.83. The number of rotatable bonds is 5. The van der Waals surface area contributed by atoms with E-state index in [1.165, 1.54) is 19.3 Å². The van der Waals surface area contributed by atoms with Gasteiger partial charge in [0.1, 0.15) is 0 Å². The molecule has 1 saturated heterocycles. The number of nitrogens with zero attached hydrogens (tertiary/aromatic N) is 2. The predicted molar refractivity (Wildman–Crippen MR) is 61.9 cm³/mol. The van der Waals surface area contributed by atoms with Crippen LogP contribution in [-0.4, -0.2) is 62.5 Å². The second-order valence-corrected chi connectivity index (χ2v) is 4.42. The van der Waals surface area contributed by atoms with E-state index in [2.05, 4.69) is 10.2 Å². The van der Waals surface area contributed by atoms with Crippen molar-refractivity contribution >= 4 is 5.91 Å². The zero-order valence-electron chi connectivity index (χ0n) is 9.96. The van der Waals surface area contributed by atoms with Gasteiger partial charge in [-0.15, -0.1) is 0 Å². The van der Waals surface area contributed by atoms with Crippen molar-refractivity contribution in [2.24, 2.45) is 0 Å². The van der Waals surface area contributed by atoms with Gasteiger partial charge in [0.25, 0.3) is 0 Å². The van der Waals surface area contributed by atoms with E-state index in [-0.39, 0.29) is 5.91 Å². The standard InChI is InChI=1S/C11H23N3O/c1-13(2)9-6-12-10-11(15)14-7-4-3-5-8-14/h12H,3-10H2,1-2H3. The van der Waals surface area contributed by atoms with Gasteiger partial charge in [-0.2, -0.15) is 0 Å². The van der Waals surface area contributed by atoms with Gasteiger partial charge in [-0.25, -0.2) is 0 Å². The fourth-order valence-corrected chi connectivity index (χ4v) is 1.75. The monoisotopic (exact) mass is 213 g/mol. The second kappa shape index (κ2) is 6.80. The summed E-state index contributed by atoms with van der Waals surface area (Å²) >= 11 is 0. The number of carbonyl (C=O) groups excluding carboxylic acids is 1. The van der Waals surface area contributed by atoms with Crippen molar-refractivity contribution in [1.82, 2.24) is 15.1 Å². The van der Waals surface area contributed by atoms with E-state index < -0.39 is 0 Å². The Morgan fingerprint density at radius 2 is 1.93 bits per heavy atom. The summed E-state index contributed by atoms with van der Waals surface area (Å²) in [4.78, 5) is 15.8. The molecule has 88 valence electrons. The van der Waals surface area contributed by atoms with Gasteiger partial charge in [-0.1, -0.05) is 0 Å². The minimum absolute atomic E-state index is 0.258. The summed E-state index contributed by atoms with van der Waals surface area (Å²) in [6.07, 6.45) is 3.62. The van der Waals surface area contributed by atoms with Crippen LogP contribution < -0.4 is 5.32 Å². The zero-order chi connectivity index (χ0) is 11.1. The molecule has 0 radical (unpaired) electrons. The summed E-state index contributed by atoms with van der Waals surface area (Å²) in [5, 5.41) is 3.18. The normalized spacial score (nSPS) is 17.1. The molecule has 1 heterocycles. The van der Waals surface area contributed by atoms with Crippen LogP contribution in [0.1, 0.15) is 19.3 Å². The quantitative estimate of drug-likeness (QED) is 0.660. The Bertz CT molecular complexity index is 188. The summed E-state index contributed by atoms with van der Waals surface area (Å²) in [5.41, 5.74) is 0. The number of hydrogen-bond donors (Lipinski definition) is 1. The molecule has 0 atom stereocenters. The number of carbonyl (C=O) groups is 1. The molecule has 1 fully saturated rings. The van der Waals surface area contributed by atoms with Crippen molar-refractivity contribution in [3.63, 3.8) is 0 Å². The maximum Gasteiger partial charge on any atom is 0.236 e. The van der Waals surface area contributed by atoms with Crippen LogP contribution in [0.2, 0.25) is 0 Å². The number of nitrogens with one attached hydrogen (secondary N) is 1. The number of piperidine rings is 1. The number of likely N-dealkylation sites (tertiary alicyclic amines) is 1. The Balaban J connectivity index is 2.07. The zero-order valence-corrected chi connectivity index (χ0v) is 9.96. The number of likely N-dealkylation sites (N-methyl/N-ethyl adjacent to an activating group) is 1. The third-order valence-corrected chi connectivity index (χ3v) is 2.72. The Morgan fingerprint density at radius 1 is 1.27 bits per heavy atom. The first kappa shape index (κ1) is 12.5. The third kappa shape index (κ3) is 5.14. The topological polar surface area (TPSA) is 35.6 Å². The van der Waals surface area contributed by atoms with Crippen molar-refractivity contribution in [2.75, 3.05) is 46.8 Å². The molecule has 1 amide bonds. The van der Waals surface area contributed by atoms with E-state index in [4.69, 9.17) is 0 Å². The summed E-state index contributed by atoms with van der Waals surface area (Å²) < 4.78 is 0. The van der Waals surface area contributed by atoms with Crippen LogP contribution in [0.4, 0.5) is 0 Å². The van der Waals surface area contributed by atoms with E-state index >= 15 is 0 Å². The van der Waals surface area contributed by atoms with Crippen LogP contribution in [-0.2, 0) is 4.79 Å². The lowest BCUT2D eigenvalue weighted by atomic mass is 10.1. The van der Waals surface area contributed by atoms with Gasteiger partial charge in [0.15, 0.2) is 0 Å². The molecule has 4 nitrogen and oxygen atoms in total. The van der Waals surface area contributed by atoms with Gasteiger partial charge in [0.05, 0.1) is 6.54 Å². The summed E-state index contributed by atoms with van der Waals surface area (Å²) in [5.74, 6) is 0.258. The molecule has 0 spiro atoms. The average Bonchev–Trinajstić information content (AvgIpc) is 2.25. The predicted octanol–water partition coefficient (Wildman–Crippen LogP) is 0.150. The molecule has 1 rings (SSSR count). The van der Waals surface area contributed by atoms with Crippen LogP contribution in [0.3, 0.4) is 0 Å². The maximum absolute atomic E-state index is 11.7. The second-order valence-electron chi connectivity index (χ2n) is 4.42. The molecule has 1 aliphatic heterocycles. The van der Waals surface area contributed by atoms with Crippen LogP contribution in [0.25, 0.3) is 0 Å². The van der Waals surface area contributed by atoms with Crippen LogP contribution >= 0.6 is 0 Å². The van der Waals surface area contributed by atoms with Crippen molar-refractivity contribution in [1.29, 1.82) is 0 Å². The van der Waals surface area contributed by atoms with Crippen molar-refractivity contribution in [3.8, 4) is 0 Å². The molecular weight excluding hydrogens is 190 g/mol. The lowest BCUT2D eigenvalue weighted by Crippen LogP contribution is -2.42. The lowest BCUT2D eigenvalue weighted by Gasteiger charge is -2.26. The minimum Gasteiger partial charge on any atom is -0.342 e. The molecule has 4 heteroatoms. The highest BCUT2D eigenvalue weighted by Gasteiger charge is 2.15. The van der Waals surface area contributed by atoms with Gasteiger partial charge >= 0.3 is 0 Å². The fraction of sp³-hybridized carbons (Fsp3) is 0.909. The molecule has 0 aromatic carbocycles. The summed E-state index contributed by atoms with van der Waals surface area (Å²) in [6, 6.07) is 0. The minimum atomic E-state index is 0.258. The molecule has 0 aliphatic carbocycles. The highest BCUT2D eigenvalue weighted by atomic mass is 16.2. The molecule has 15 heavy (non-hydrogen) atoms. The molecular formula is C11H23N3O. The fourth-order valence-electron chi connectivity index (χ4n) is 1.75. The van der Waals surface area contributed by atoms with E-state index in [0.717, 1.165) is 26.2 Å². The highest BCUT2D eigenvalue weighted by molar-refractivity contribution is 5.78.